The highest BCUT2D eigenvalue weighted by molar-refractivity contribution is 6.18. The van der Waals surface area contributed by atoms with E-state index in [1.165, 1.54) is 16.3 Å². The second kappa shape index (κ2) is 9.58. The van der Waals surface area contributed by atoms with Crippen molar-refractivity contribution in [2.75, 3.05) is 4.90 Å². The molecule has 7 aromatic carbocycles. The molecule has 0 radical (unpaired) electrons. The van der Waals surface area contributed by atoms with E-state index in [2.05, 4.69) is 143 Å². The summed E-state index contributed by atoms with van der Waals surface area (Å²) >= 11 is 0. The Bertz CT molecular complexity index is 2600. The lowest BCUT2D eigenvalue weighted by Crippen LogP contribution is -2.20. The summed E-state index contributed by atoms with van der Waals surface area (Å²) in [5, 5.41) is 7.00. The number of aromatic nitrogens is 4. The van der Waals surface area contributed by atoms with E-state index in [0.717, 1.165) is 55.1 Å². The van der Waals surface area contributed by atoms with Gasteiger partial charge < -0.3 is 0 Å². The third kappa shape index (κ3) is 3.54. The molecule has 5 nitrogen and oxygen atoms in total. The summed E-state index contributed by atoms with van der Waals surface area (Å²) in [5.41, 5.74) is 7.53. The molecular formula is C41H25N5. The Morgan fingerprint density at radius 2 is 1.04 bits per heavy atom. The Morgan fingerprint density at radius 3 is 1.83 bits per heavy atom. The summed E-state index contributed by atoms with van der Waals surface area (Å²) in [6, 6.07) is 53.2. The fourth-order valence-electron chi connectivity index (χ4n) is 7.18. The monoisotopic (exact) mass is 587 g/mol. The molecule has 0 saturated heterocycles. The molecule has 214 valence electrons. The second-order valence-electron chi connectivity index (χ2n) is 11.7. The zero-order valence-electron chi connectivity index (χ0n) is 24.7. The van der Waals surface area contributed by atoms with Crippen LogP contribution in [0.15, 0.2) is 152 Å². The van der Waals surface area contributed by atoms with E-state index in [1.807, 2.05) is 18.2 Å². The second-order valence-corrected chi connectivity index (χ2v) is 11.7. The average molecular weight is 588 g/mol. The maximum Gasteiger partial charge on any atom is 0.240 e. The smallest absolute Gasteiger partial charge is 0.240 e. The van der Waals surface area contributed by atoms with Gasteiger partial charge in [-0.15, -0.1) is 0 Å². The van der Waals surface area contributed by atoms with Crippen LogP contribution in [0, 0.1) is 0 Å². The number of hydrogen-bond acceptors (Lipinski definition) is 4. The number of nitrogens with zero attached hydrogens (tertiary/aromatic N) is 5. The minimum absolute atomic E-state index is 0.574. The lowest BCUT2D eigenvalue weighted by molar-refractivity contribution is 0.934. The van der Waals surface area contributed by atoms with Gasteiger partial charge in [0.15, 0.2) is 5.82 Å². The van der Waals surface area contributed by atoms with Crippen LogP contribution in [0.1, 0.15) is 0 Å². The van der Waals surface area contributed by atoms with Gasteiger partial charge >= 0.3 is 0 Å². The topological polar surface area (TPSA) is 46.8 Å². The number of fused-ring (bicyclic) bond motifs is 7. The highest BCUT2D eigenvalue weighted by atomic mass is 15.3. The molecule has 0 saturated carbocycles. The molecule has 10 rings (SSSR count). The van der Waals surface area contributed by atoms with Gasteiger partial charge in [0.25, 0.3) is 0 Å². The molecular weight excluding hydrogens is 562 g/mol. The first-order valence-corrected chi connectivity index (χ1v) is 15.5. The van der Waals surface area contributed by atoms with Crippen molar-refractivity contribution in [2.45, 2.75) is 0 Å². The van der Waals surface area contributed by atoms with Crippen molar-refractivity contribution in [3.05, 3.63) is 152 Å². The zero-order valence-corrected chi connectivity index (χ0v) is 24.7. The molecule has 0 spiro atoms. The summed E-state index contributed by atoms with van der Waals surface area (Å²) in [5.74, 6) is 1.77. The Hall–Kier alpha value is -6.33. The molecule has 0 aliphatic carbocycles. The first-order chi connectivity index (χ1) is 22.8. The number of rotatable bonds is 3. The molecule has 3 heterocycles. The van der Waals surface area contributed by atoms with Gasteiger partial charge in [-0.25, -0.2) is 0 Å². The quantitative estimate of drug-likeness (QED) is 0.206. The predicted octanol–water partition coefficient (Wildman–Crippen LogP) is 10.4. The van der Waals surface area contributed by atoms with E-state index in [0.29, 0.717) is 17.7 Å². The number of para-hydroxylation sites is 2. The molecule has 5 heteroatoms. The van der Waals surface area contributed by atoms with E-state index < -0.39 is 0 Å². The van der Waals surface area contributed by atoms with Gasteiger partial charge in [-0.2, -0.15) is 15.0 Å². The minimum atomic E-state index is 0.574. The number of anilines is 3. The Labute approximate surface area is 264 Å². The van der Waals surface area contributed by atoms with Crippen molar-refractivity contribution >= 4 is 60.7 Å². The molecule has 0 unspecified atom stereocenters. The Morgan fingerprint density at radius 1 is 0.413 bits per heavy atom. The van der Waals surface area contributed by atoms with Gasteiger partial charge in [-0.05, 0) is 34.5 Å². The third-order valence-corrected chi connectivity index (χ3v) is 9.16. The van der Waals surface area contributed by atoms with E-state index in [4.69, 9.17) is 15.0 Å². The fourth-order valence-corrected chi connectivity index (χ4v) is 7.18. The van der Waals surface area contributed by atoms with E-state index in [1.54, 1.807) is 0 Å². The molecule has 1 aliphatic rings. The van der Waals surface area contributed by atoms with Crippen LogP contribution in [0.25, 0.3) is 71.8 Å². The van der Waals surface area contributed by atoms with Crippen LogP contribution < -0.4 is 4.90 Å². The van der Waals surface area contributed by atoms with Crippen LogP contribution in [0.2, 0.25) is 0 Å². The van der Waals surface area contributed by atoms with Crippen molar-refractivity contribution in [1.82, 2.24) is 19.5 Å². The number of benzene rings is 7. The molecule has 1 aliphatic heterocycles. The van der Waals surface area contributed by atoms with Crippen molar-refractivity contribution in [2.24, 2.45) is 0 Å². The highest BCUT2D eigenvalue weighted by Gasteiger charge is 2.30. The Balaban J connectivity index is 1.35. The molecule has 9 aromatic rings. The molecule has 0 bridgehead atoms. The van der Waals surface area contributed by atoms with Crippen LogP contribution in [0.5, 0.6) is 0 Å². The van der Waals surface area contributed by atoms with E-state index in [-0.39, 0.29) is 0 Å². The summed E-state index contributed by atoms with van der Waals surface area (Å²) in [4.78, 5) is 18.0. The first-order valence-electron chi connectivity index (χ1n) is 15.5. The van der Waals surface area contributed by atoms with Gasteiger partial charge in [-0.1, -0.05) is 133 Å². The maximum absolute atomic E-state index is 5.36. The van der Waals surface area contributed by atoms with Crippen molar-refractivity contribution in [3.63, 3.8) is 0 Å². The lowest BCUT2D eigenvalue weighted by atomic mass is 9.89. The van der Waals surface area contributed by atoms with E-state index in [9.17, 15) is 0 Å². The van der Waals surface area contributed by atoms with Crippen LogP contribution in [-0.4, -0.2) is 19.5 Å². The van der Waals surface area contributed by atoms with Crippen LogP contribution >= 0.6 is 0 Å². The average Bonchev–Trinajstić information content (AvgIpc) is 3.46. The van der Waals surface area contributed by atoms with Gasteiger partial charge in [0, 0.05) is 32.7 Å². The summed E-state index contributed by atoms with van der Waals surface area (Å²) in [6.07, 6.45) is 0. The fraction of sp³-hybridized carbons (Fsp3) is 0. The SMILES string of the molecule is c1ccc(-c2nc(N3c4c(ccc5ccccc45)-c4cccc5cccc3c45)nc(-n3c4ccccc4c4ccccc43)n2)cc1. The molecule has 0 amide bonds. The van der Waals surface area contributed by atoms with Crippen molar-refractivity contribution in [3.8, 4) is 28.5 Å². The summed E-state index contributed by atoms with van der Waals surface area (Å²) in [6.45, 7) is 0. The van der Waals surface area contributed by atoms with Gasteiger partial charge in [0.1, 0.15) is 0 Å². The predicted molar refractivity (Wildman–Crippen MR) is 188 cm³/mol. The zero-order chi connectivity index (χ0) is 30.2. The third-order valence-electron chi connectivity index (χ3n) is 9.16. The van der Waals surface area contributed by atoms with Crippen molar-refractivity contribution in [1.29, 1.82) is 0 Å². The molecule has 46 heavy (non-hydrogen) atoms. The van der Waals surface area contributed by atoms with Gasteiger partial charge in [0.2, 0.25) is 11.9 Å². The molecule has 0 atom stereocenters. The van der Waals surface area contributed by atoms with Crippen LogP contribution in [0.4, 0.5) is 17.3 Å². The Kier molecular flexibility index (Phi) is 5.22. The van der Waals surface area contributed by atoms with Gasteiger partial charge in [-0.3, -0.25) is 9.47 Å². The van der Waals surface area contributed by atoms with Crippen LogP contribution in [-0.2, 0) is 0 Å². The molecule has 2 aromatic heterocycles. The van der Waals surface area contributed by atoms with Crippen molar-refractivity contribution < 1.29 is 0 Å². The lowest BCUT2D eigenvalue weighted by Gasteiger charge is -2.33. The minimum Gasteiger partial charge on any atom is -0.278 e. The molecule has 0 N–H and O–H groups in total. The summed E-state index contributed by atoms with van der Waals surface area (Å²) < 4.78 is 2.17. The standard InChI is InChI=1S/C41H25N5/c1-2-13-28(14-3-1)39-42-40(45-34-21-8-6-18-30(34)31-19-7-9-22-35(31)45)44-41(43-39)46-36-23-11-16-27-15-10-20-32(37(27)36)33-25-24-26-12-4-5-17-29(26)38(33)46/h1-25H. The number of hydrogen-bond donors (Lipinski definition) is 0. The van der Waals surface area contributed by atoms with E-state index >= 15 is 0 Å². The molecule has 0 fully saturated rings. The largest absolute Gasteiger partial charge is 0.278 e. The first kappa shape index (κ1) is 25.0. The maximum atomic E-state index is 5.36. The van der Waals surface area contributed by atoms with Crippen LogP contribution in [0.3, 0.4) is 0 Å². The van der Waals surface area contributed by atoms with Gasteiger partial charge in [0.05, 0.1) is 22.4 Å². The summed E-state index contributed by atoms with van der Waals surface area (Å²) in [7, 11) is 0. The normalized spacial score (nSPS) is 12.3. The highest BCUT2D eigenvalue weighted by Crippen LogP contribution is 2.52.